The van der Waals surface area contributed by atoms with Crippen LogP contribution in [0.15, 0.2) is 42.7 Å². The number of esters is 2. The monoisotopic (exact) mass is 322 g/mol. The van der Waals surface area contributed by atoms with Gasteiger partial charge in [-0.1, -0.05) is 18.2 Å². The van der Waals surface area contributed by atoms with Gasteiger partial charge in [-0.25, -0.2) is 9.59 Å². The maximum atomic E-state index is 12.3. The average molecular weight is 322 g/mol. The van der Waals surface area contributed by atoms with Crippen molar-refractivity contribution in [3.8, 4) is 0 Å². The van der Waals surface area contributed by atoms with Gasteiger partial charge in [-0.2, -0.15) is 0 Å². The molecule has 0 saturated carbocycles. The minimum atomic E-state index is -0.580. The van der Waals surface area contributed by atoms with Crippen LogP contribution in [0.4, 0.5) is 0 Å². The third-order valence-corrected chi connectivity index (χ3v) is 4.21. The zero-order chi connectivity index (χ0) is 16.8. The number of nitrogens with zero attached hydrogens (tertiary/aromatic N) is 1. The molecule has 0 bridgehead atoms. The van der Waals surface area contributed by atoms with E-state index in [1.165, 1.54) is 14.2 Å². The summed E-state index contributed by atoms with van der Waals surface area (Å²) in [5.74, 6) is -1.16. The lowest BCUT2D eigenvalue weighted by Crippen LogP contribution is -2.09. The van der Waals surface area contributed by atoms with Crippen molar-refractivity contribution in [2.24, 2.45) is 0 Å². The number of fused-ring (bicyclic) bond motifs is 5. The first-order valence-electron chi connectivity index (χ1n) is 7.36. The molecular formula is C18H14N2O4. The quantitative estimate of drug-likeness (QED) is 0.575. The first kappa shape index (κ1) is 14.3. The molecule has 0 atom stereocenters. The third-order valence-electron chi connectivity index (χ3n) is 4.21. The summed E-state index contributed by atoms with van der Waals surface area (Å²) in [5.41, 5.74) is 2.69. The number of rotatable bonds is 2. The van der Waals surface area contributed by atoms with Crippen LogP contribution in [-0.4, -0.2) is 35.5 Å². The number of nitrogens with one attached hydrogen (secondary N) is 1. The highest BCUT2D eigenvalue weighted by molar-refractivity contribution is 6.18. The van der Waals surface area contributed by atoms with Crippen molar-refractivity contribution >= 4 is 39.3 Å². The van der Waals surface area contributed by atoms with Crippen LogP contribution in [0.2, 0.25) is 0 Å². The molecule has 4 rings (SSSR count). The van der Waals surface area contributed by atoms with Gasteiger partial charge in [-0.3, -0.25) is 0 Å². The second-order valence-corrected chi connectivity index (χ2v) is 5.43. The molecule has 0 fully saturated rings. The summed E-state index contributed by atoms with van der Waals surface area (Å²) in [5, 5.41) is 2.02. The van der Waals surface area contributed by atoms with E-state index in [1.54, 1.807) is 10.6 Å². The van der Waals surface area contributed by atoms with E-state index in [9.17, 15) is 9.59 Å². The molecule has 4 aromatic rings. The van der Waals surface area contributed by atoms with Crippen LogP contribution in [0.3, 0.4) is 0 Å². The average Bonchev–Trinajstić information content (AvgIpc) is 3.18. The van der Waals surface area contributed by atoms with Gasteiger partial charge in [-0.15, -0.1) is 0 Å². The fourth-order valence-corrected chi connectivity index (χ4v) is 3.15. The number of aromatic nitrogens is 2. The van der Waals surface area contributed by atoms with Crippen molar-refractivity contribution in [2.45, 2.75) is 0 Å². The van der Waals surface area contributed by atoms with Gasteiger partial charge in [0.15, 0.2) is 0 Å². The Morgan fingerprint density at radius 1 is 1.00 bits per heavy atom. The molecule has 0 unspecified atom stereocenters. The Morgan fingerprint density at radius 2 is 1.75 bits per heavy atom. The van der Waals surface area contributed by atoms with Crippen molar-refractivity contribution in [3.63, 3.8) is 0 Å². The predicted molar refractivity (Wildman–Crippen MR) is 89.4 cm³/mol. The van der Waals surface area contributed by atoms with E-state index < -0.39 is 11.9 Å². The molecule has 0 saturated heterocycles. The fourth-order valence-electron chi connectivity index (χ4n) is 3.15. The minimum Gasteiger partial charge on any atom is -0.465 e. The molecular weight excluding hydrogens is 308 g/mol. The van der Waals surface area contributed by atoms with E-state index in [4.69, 9.17) is 9.47 Å². The Morgan fingerprint density at radius 3 is 2.50 bits per heavy atom. The fraction of sp³-hybridized carbons (Fsp3) is 0.111. The highest BCUT2D eigenvalue weighted by atomic mass is 16.5. The number of benzene rings is 1. The number of hydrogen-bond donors (Lipinski definition) is 1. The van der Waals surface area contributed by atoms with Crippen LogP contribution in [-0.2, 0) is 9.47 Å². The lowest BCUT2D eigenvalue weighted by atomic mass is 10.1. The number of carbonyl (C=O) groups is 2. The van der Waals surface area contributed by atoms with Gasteiger partial charge in [0.05, 0.1) is 30.8 Å². The molecule has 1 aromatic carbocycles. The topological polar surface area (TPSA) is 72.8 Å². The predicted octanol–water partition coefficient (Wildman–Crippen LogP) is 3.15. The summed E-state index contributed by atoms with van der Waals surface area (Å²) in [6.45, 7) is 0. The molecule has 0 radical (unpaired) electrons. The molecule has 24 heavy (non-hydrogen) atoms. The normalized spacial score (nSPS) is 11.2. The summed E-state index contributed by atoms with van der Waals surface area (Å²) < 4.78 is 11.4. The van der Waals surface area contributed by atoms with Gasteiger partial charge in [0.1, 0.15) is 5.56 Å². The Labute approximate surface area is 136 Å². The molecule has 0 aliphatic rings. The van der Waals surface area contributed by atoms with Crippen LogP contribution in [0, 0.1) is 0 Å². The SMILES string of the molecule is COC(=O)c1cn2ccc3c4ccccc4[nH]c3c2c1C(=O)OC. The molecule has 1 N–H and O–H groups in total. The number of hydrogen-bond acceptors (Lipinski definition) is 4. The number of pyridine rings is 1. The molecule has 0 aliphatic heterocycles. The summed E-state index contributed by atoms with van der Waals surface area (Å²) in [6.07, 6.45) is 3.40. The Balaban J connectivity index is 2.20. The number of para-hydroxylation sites is 1. The molecule has 0 aliphatic carbocycles. The van der Waals surface area contributed by atoms with Crippen LogP contribution >= 0.6 is 0 Å². The van der Waals surface area contributed by atoms with E-state index in [0.717, 1.165) is 21.8 Å². The van der Waals surface area contributed by atoms with Gasteiger partial charge in [0.25, 0.3) is 0 Å². The van der Waals surface area contributed by atoms with Gasteiger partial charge in [0, 0.05) is 28.7 Å². The second kappa shape index (κ2) is 5.13. The lowest BCUT2D eigenvalue weighted by molar-refractivity contribution is 0.0558. The summed E-state index contributed by atoms with van der Waals surface area (Å²) in [4.78, 5) is 27.7. The maximum absolute atomic E-state index is 12.3. The van der Waals surface area contributed by atoms with Crippen molar-refractivity contribution in [1.82, 2.24) is 9.38 Å². The molecule has 0 spiro atoms. The van der Waals surface area contributed by atoms with Gasteiger partial charge < -0.3 is 18.9 Å². The van der Waals surface area contributed by atoms with Gasteiger partial charge in [-0.05, 0) is 12.1 Å². The van der Waals surface area contributed by atoms with Crippen LogP contribution in [0.25, 0.3) is 27.3 Å². The van der Waals surface area contributed by atoms with Crippen molar-refractivity contribution in [1.29, 1.82) is 0 Å². The van der Waals surface area contributed by atoms with Gasteiger partial charge in [0.2, 0.25) is 0 Å². The zero-order valence-electron chi connectivity index (χ0n) is 13.1. The number of H-pyrrole nitrogens is 1. The second-order valence-electron chi connectivity index (χ2n) is 5.43. The first-order valence-corrected chi connectivity index (χ1v) is 7.36. The highest BCUT2D eigenvalue weighted by Crippen LogP contribution is 2.32. The molecule has 0 amide bonds. The smallest absolute Gasteiger partial charge is 0.341 e. The van der Waals surface area contributed by atoms with Gasteiger partial charge >= 0.3 is 11.9 Å². The maximum Gasteiger partial charge on any atom is 0.341 e. The molecule has 6 heteroatoms. The number of carbonyl (C=O) groups excluding carboxylic acids is 2. The van der Waals surface area contributed by atoms with E-state index >= 15 is 0 Å². The number of ether oxygens (including phenoxy) is 2. The van der Waals surface area contributed by atoms with E-state index in [1.807, 2.05) is 36.5 Å². The van der Waals surface area contributed by atoms with Crippen LogP contribution in [0.5, 0.6) is 0 Å². The lowest BCUT2D eigenvalue weighted by Gasteiger charge is -2.02. The zero-order valence-corrected chi connectivity index (χ0v) is 13.1. The molecule has 120 valence electrons. The Kier molecular flexibility index (Phi) is 3.06. The van der Waals surface area contributed by atoms with Crippen molar-refractivity contribution in [3.05, 3.63) is 53.9 Å². The first-order chi connectivity index (χ1) is 11.7. The van der Waals surface area contributed by atoms with E-state index in [0.29, 0.717) is 5.52 Å². The summed E-state index contributed by atoms with van der Waals surface area (Å²) in [7, 11) is 2.57. The molecule has 3 aromatic heterocycles. The third kappa shape index (κ3) is 1.83. The van der Waals surface area contributed by atoms with E-state index in [-0.39, 0.29) is 11.1 Å². The van der Waals surface area contributed by atoms with Crippen molar-refractivity contribution < 1.29 is 19.1 Å². The Hall–Kier alpha value is -3.28. The van der Waals surface area contributed by atoms with Crippen LogP contribution in [0.1, 0.15) is 20.7 Å². The van der Waals surface area contributed by atoms with Crippen molar-refractivity contribution in [2.75, 3.05) is 14.2 Å². The number of aromatic amines is 1. The molecule has 3 heterocycles. The Bertz CT molecular complexity index is 1120. The van der Waals surface area contributed by atoms with Crippen LogP contribution < -0.4 is 0 Å². The van der Waals surface area contributed by atoms with E-state index in [2.05, 4.69) is 4.98 Å². The highest BCUT2D eigenvalue weighted by Gasteiger charge is 2.26. The minimum absolute atomic E-state index is 0.176. The number of methoxy groups -OCH3 is 2. The summed E-state index contributed by atoms with van der Waals surface area (Å²) >= 11 is 0. The standard InChI is InChI=1S/C18H14N2O4/c1-23-17(21)12-9-20-8-7-11-10-5-3-4-6-13(10)19-15(11)16(20)14(12)18(22)24-2/h3-9,19H,1-2H3. The largest absolute Gasteiger partial charge is 0.465 e. The summed E-state index contributed by atoms with van der Waals surface area (Å²) in [6, 6.07) is 9.82. The molecule has 6 nitrogen and oxygen atoms in total.